The summed E-state index contributed by atoms with van der Waals surface area (Å²) in [6.07, 6.45) is 12.1. The summed E-state index contributed by atoms with van der Waals surface area (Å²) in [5.41, 5.74) is 5.61. The van der Waals surface area contributed by atoms with Crippen molar-refractivity contribution in [2.24, 2.45) is 0 Å². The van der Waals surface area contributed by atoms with Crippen molar-refractivity contribution in [1.29, 1.82) is 0 Å². The van der Waals surface area contributed by atoms with Gasteiger partial charge >= 0.3 is 0 Å². The lowest BCUT2D eigenvalue weighted by Gasteiger charge is -2.24. The van der Waals surface area contributed by atoms with Crippen LogP contribution in [0, 0.1) is 0 Å². The number of hydrogen-bond donors (Lipinski definition) is 1. The number of aryl methyl sites for hydroxylation is 1. The van der Waals surface area contributed by atoms with Crippen LogP contribution in [0.1, 0.15) is 97.3 Å². The number of carbonyl (C=O) groups excluding carboxylic acids is 1. The van der Waals surface area contributed by atoms with E-state index in [1.54, 1.807) is 0 Å². The lowest BCUT2D eigenvalue weighted by Crippen LogP contribution is -2.37. The number of nitrogens with one attached hydrogen (secondary N) is 1. The standard InChI is InChI=1S/C37H45N3O/c41-37(38-31-21-10-2-1-3-11-22-31)36-35(34(29-17-6-4-7-18-29)30-19-8-5-9-20-30)32-23-12-13-24-33(32)40(36)28-16-27-39-25-14-15-26-39/h4-9,12-13,17-20,23-24,31,34H,1-3,10-11,14-16,21-22,25-28H2,(H,38,41). The summed E-state index contributed by atoms with van der Waals surface area (Å²) in [6.45, 7) is 4.35. The maximum absolute atomic E-state index is 14.6. The fourth-order valence-corrected chi connectivity index (χ4v) is 7.23. The summed E-state index contributed by atoms with van der Waals surface area (Å²) < 4.78 is 2.36. The van der Waals surface area contributed by atoms with E-state index in [0.717, 1.165) is 43.6 Å². The van der Waals surface area contributed by atoms with Crippen LogP contribution in [0.2, 0.25) is 0 Å². The second-order valence-corrected chi connectivity index (χ2v) is 12.1. The molecule has 1 amide bonds. The monoisotopic (exact) mass is 547 g/mol. The van der Waals surface area contributed by atoms with Crippen LogP contribution in [0.15, 0.2) is 84.9 Å². The Balaban J connectivity index is 1.47. The smallest absolute Gasteiger partial charge is 0.268 e. The Labute approximate surface area is 245 Å². The van der Waals surface area contributed by atoms with Crippen molar-refractivity contribution in [3.63, 3.8) is 0 Å². The van der Waals surface area contributed by atoms with Crippen molar-refractivity contribution in [2.45, 2.75) is 82.7 Å². The van der Waals surface area contributed by atoms with Gasteiger partial charge in [0.1, 0.15) is 5.69 Å². The van der Waals surface area contributed by atoms with E-state index >= 15 is 0 Å². The third-order valence-electron chi connectivity index (χ3n) is 9.27. The third kappa shape index (κ3) is 6.43. The zero-order valence-electron chi connectivity index (χ0n) is 24.4. The molecule has 41 heavy (non-hydrogen) atoms. The number of fused-ring (bicyclic) bond motifs is 1. The number of hydrogen-bond acceptors (Lipinski definition) is 2. The fraction of sp³-hybridized carbons (Fsp3) is 0.432. The van der Waals surface area contributed by atoms with Crippen LogP contribution in [-0.4, -0.2) is 41.1 Å². The van der Waals surface area contributed by atoms with Crippen LogP contribution in [0.4, 0.5) is 0 Å². The number of amides is 1. The van der Waals surface area contributed by atoms with Crippen molar-refractivity contribution in [3.8, 4) is 0 Å². The molecule has 4 nitrogen and oxygen atoms in total. The molecule has 0 bridgehead atoms. The van der Waals surface area contributed by atoms with Gasteiger partial charge < -0.3 is 14.8 Å². The normalized spacial score (nSPS) is 17.1. The summed E-state index contributed by atoms with van der Waals surface area (Å²) in [6, 6.07) is 30.4. The second kappa shape index (κ2) is 13.5. The molecule has 3 aromatic carbocycles. The summed E-state index contributed by atoms with van der Waals surface area (Å²) in [5, 5.41) is 4.75. The minimum atomic E-state index is -0.0276. The van der Waals surface area contributed by atoms with Crippen LogP contribution >= 0.6 is 0 Å². The molecule has 0 radical (unpaired) electrons. The Hall–Kier alpha value is -3.37. The molecule has 1 aromatic heterocycles. The van der Waals surface area contributed by atoms with Gasteiger partial charge in [-0.2, -0.15) is 0 Å². The molecule has 2 heterocycles. The van der Waals surface area contributed by atoms with Crippen molar-refractivity contribution in [1.82, 2.24) is 14.8 Å². The topological polar surface area (TPSA) is 37.3 Å². The van der Waals surface area contributed by atoms with Gasteiger partial charge in [0.25, 0.3) is 5.91 Å². The highest BCUT2D eigenvalue weighted by Gasteiger charge is 2.31. The van der Waals surface area contributed by atoms with E-state index in [2.05, 4.69) is 99.7 Å². The van der Waals surface area contributed by atoms with Crippen LogP contribution in [0.5, 0.6) is 0 Å². The van der Waals surface area contributed by atoms with Gasteiger partial charge in [-0.15, -0.1) is 0 Å². The molecule has 1 saturated carbocycles. The van der Waals surface area contributed by atoms with Gasteiger partial charge in [0.2, 0.25) is 0 Å². The third-order valence-corrected chi connectivity index (χ3v) is 9.27. The molecule has 1 aliphatic heterocycles. The molecule has 6 rings (SSSR count). The van der Waals surface area contributed by atoms with Crippen LogP contribution in [-0.2, 0) is 6.54 Å². The number of aromatic nitrogens is 1. The minimum Gasteiger partial charge on any atom is -0.348 e. The molecule has 2 aliphatic rings. The maximum Gasteiger partial charge on any atom is 0.268 e. The maximum atomic E-state index is 14.6. The van der Waals surface area contributed by atoms with Crippen molar-refractivity contribution in [2.75, 3.05) is 19.6 Å². The Morgan fingerprint density at radius 1 is 0.707 bits per heavy atom. The molecule has 2 fully saturated rings. The highest BCUT2D eigenvalue weighted by Crippen LogP contribution is 2.40. The van der Waals surface area contributed by atoms with E-state index in [-0.39, 0.29) is 17.9 Å². The van der Waals surface area contributed by atoms with E-state index in [1.165, 1.54) is 80.1 Å². The van der Waals surface area contributed by atoms with Gasteiger partial charge in [-0.05, 0) is 68.9 Å². The van der Waals surface area contributed by atoms with Crippen LogP contribution in [0.3, 0.4) is 0 Å². The van der Waals surface area contributed by atoms with Gasteiger partial charge in [-0.3, -0.25) is 4.79 Å². The van der Waals surface area contributed by atoms with Gasteiger partial charge in [0.05, 0.1) is 0 Å². The highest BCUT2D eigenvalue weighted by atomic mass is 16.2. The van der Waals surface area contributed by atoms with Gasteiger partial charge in [-0.25, -0.2) is 0 Å². The predicted molar refractivity (Wildman–Crippen MR) is 170 cm³/mol. The molecule has 0 spiro atoms. The number of nitrogens with zero attached hydrogens (tertiary/aromatic N) is 2. The number of likely N-dealkylation sites (tertiary alicyclic amines) is 1. The minimum absolute atomic E-state index is 0.0276. The molecule has 0 atom stereocenters. The predicted octanol–water partition coefficient (Wildman–Crippen LogP) is 8.15. The second-order valence-electron chi connectivity index (χ2n) is 12.1. The molecule has 4 aromatic rings. The van der Waals surface area contributed by atoms with E-state index in [4.69, 9.17) is 0 Å². The zero-order chi connectivity index (χ0) is 27.9. The van der Waals surface area contributed by atoms with E-state index < -0.39 is 0 Å². The highest BCUT2D eigenvalue weighted by molar-refractivity contribution is 6.03. The Bertz CT molecular complexity index is 1360. The average molecular weight is 548 g/mol. The summed E-state index contributed by atoms with van der Waals surface area (Å²) in [5.74, 6) is 0.0695. The molecule has 1 saturated heterocycles. The fourth-order valence-electron chi connectivity index (χ4n) is 7.23. The van der Waals surface area contributed by atoms with Gasteiger partial charge in [0, 0.05) is 35.0 Å². The zero-order valence-corrected chi connectivity index (χ0v) is 24.4. The van der Waals surface area contributed by atoms with Crippen molar-refractivity contribution < 1.29 is 4.79 Å². The number of rotatable bonds is 9. The van der Waals surface area contributed by atoms with E-state index in [9.17, 15) is 4.79 Å². The molecular formula is C37H45N3O. The van der Waals surface area contributed by atoms with E-state index in [0.29, 0.717) is 0 Å². The molecule has 214 valence electrons. The Morgan fingerprint density at radius 2 is 1.29 bits per heavy atom. The SMILES string of the molecule is O=C(NC1CCCCCCC1)c1c(C(c2ccccc2)c2ccccc2)c2ccccc2n1CCCN1CCCC1. The van der Waals surface area contributed by atoms with Crippen LogP contribution < -0.4 is 5.32 Å². The molecule has 1 N–H and O–H groups in total. The Morgan fingerprint density at radius 3 is 1.95 bits per heavy atom. The number of carbonyl (C=O) groups is 1. The van der Waals surface area contributed by atoms with E-state index in [1.807, 2.05) is 0 Å². The molecule has 0 unspecified atom stereocenters. The first-order chi connectivity index (χ1) is 20.3. The van der Waals surface area contributed by atoms with Crippen molar-refractivity contribution >= 4 is 16.8 Å². The quantitative estimate of drug-likeness (QED) is 0.230. The van der Waals surface area contributed by atoms with Crippen molar-refractivity contribution in [3.05, 3.63) is 107 Å². The lowest BCUT2D eigenvalue weighted by atomic mass is 9.83. The molecule has 1 aliphatic carbocycles. The number of para-hydroxylation sites is 1. The Kier molecular flexibility index (Phi) is 9.17. The molecular weight excluding hydrogens is 502 g/mol. The lowest BCUT2D eigenvalue weighted by molar-refractivity contribution is 0.0920. The molecule has 4 heteroatoms. The van der Waals surface area contributed by atoms with Gasteiger partial charge in [-0.1, -0.05) is 111 Å². The summed E-state index contributed by atoms with van der Waals surface area (Å²) in [7, 11) is 0. The first-order valence-electron chi connectivity index (χ1n) is 16.0. The summed E-state index contributed by atoms with van der Waals surface area (Å²) >= 11 is 0. The number of benzene rings is 3. The first kappa shape index (κ1) is 27.8. The summed E-state index contributed by atoms with van der Waals surface area (Å²) in [4.78, 5) is 17.1. The van der Waals surface area contributed by atoms with Crippen LogP contribution in [0.25, 0.3) is 10.9 Å². The largest absolute Gasteiger partial charge is 0.348 e. The average Bonchev–Trinajstić information content (AvgIpc) is 3.63. The van der Waals surface area contributed by atoms with Gasteiger partial charge in [0.15, 0.2) is 0 Å². The first-order valence-corrected chi connectivity index (χ1v) is 16.0.